The number of hydrazone groups is 1. The first-order valence-electron chi connectivity index (χ1n) is 16.9. The number of carbonyl (C=O) groups excluding carboxylic acids is 3. The van der Waals surface area contributed by atoms with Gasteiger partial charge in [-0.15, -0.1) is 0 Å². The molecule has 6 rings (SSSR count). The van der Waals surface area contributed by atoms with Gasteiger partial charge in [0.05, 0.1) is 36.9 Å². The van der Waals surface area contributed by atoms with E-state index in [1.165, 1.54) is 12.1 Å². The number of aromatic nitrogens is 4. The van der Waals surface area contributed by atoms with Crippen LogP contribution in [0.3, 0.4) is 0 Å². The summed E-state index contributed by atoms with van der Waals surface area (Å²) in [4.78, 5) is 55.8. The van der Waals surface area contributed by atoms with Gasteiger partial charge >= 0.3 is 12.2 Å². The lowest BCUT2D eigenvalue weighted by Gasteiger charge is -2.27. The van der Waals surface area contributed by atoms with Gasteiger partial charge in [0, 0.05) is 19.2 Å². The number of hydrogen-bond acceptors (Lipinski definition) is 8. The third-order valence-corrected chi connectivity index (χ3v) is 8.88. The van der Waals surface area contributed by atoms with E-state index < -0.39 is 23.8 Å². The van der Waals surface area contributed by atoms with Gasteiger partial charge in [-0.25, -0.2) is 24.6 Å². The minimum absolute atomic E-state index is 0.136. The predicted molar refractivity (Wildman–Crippen MR) is 189 cm³/mol. The molecule has 4 aromatic rings. The molecule has 0 bridgehead atoms. The van der Waals surface area contributed by atoms with E-state index in [4.69, 9.17) is 9.47 Å². The van der Waals surface area contributed by atoms with Gasteiger partial charge in [0.1, 0.15) is 29.3 Å². The molecule has 1 saturated heterocycles. The zero-order chi connectivity index (χ0) is 35.6. The number of ether oxygens (including phenoxy) is 2. The molecule has 4 heterocycles. The molecular weight excluding hydrogens is 636 g/mol. The maximum atomic E-state index is 13.4. The summed E-state index contributed by atoms with van der Waals surface area (Å²) in [7, 11) is 1.26. The standard InChI is InChI=1S/C37H44N8O5/c1-22(2)31(43-35(47)49-6)34(46)45-30(17-18-40-45)33-39-21-28(42-33)26-15-11-24(12-16-26)23-9-13-25(14-10-23)27-20-38-32(41-27)29-8-7-19-44(29)36(48)50-37(3,4)5/h9-16,18,20-22,29-31H,7-8,17,19H2,1-6H3,(H,38,41)(H,39,42)(H,43,47). The Morgan fingerprint density at radius 1 is 0.860 bits per heavy atom. The van der Waals surface area contributed by atoms with E-state index in [2.05, 4.69) is 66.8 Å². The van der Waals surface area contributed by atoms with Crippen LogP contribution in [-0.4, -0.2) is 79.5 Å². The van der Waals surface area contributed by atoms with Crippen molar-refractivity contribution >= 4 is 24.3 Å². The van der Waals surface area contributed by atoms with Crippen LogP contribution < -0.4 is 5.32 Å². The molecule has 2 aliphatic rings. The quantitative estimate of drug-likeness (QED) is 0.184. The molecule has 3 unspecified atom stereocenters. The minimum Gasteiger partial charge on any atom is -0.453 e. The summed E-state index contributed by atoms with van der Waals surface area (Å²) in [6.45, 7) is 9.98. The molecule has 50 heavy (non-hydrogen) atoms. The molecule has 0 spiro atoms. The van der Waals surface area contributed by atoms with Gasteiger partial charge in [-0.05, 0) is 61.8 Å². The number of carbonyl (C=O) groups is 3. The number of H-pyrrole nitrogens is 2. The minimum atomic E-state index is -0.790. The Kier molecular flexibility index (Phi) is 9.76. The highest BCUT2D eigenvalue weighted by Crippen LogP contribution is 2.34. The van der Waals surface area contributed by atoms with Gasteiger partial charge in [-0.2, -0.15) is 5.10 Å². The van der Waals surface area contributed by atoms with Crippen LogP contribution in [0.4, 0.5) is 9.59 Å². The first kappa shape index (κ1) is 34.4. The highest BCUT2D eigenvalue weighted by molar-refractivity contribution is 5.87. The molecule has 1 fully saturated rings. The fourth-order valence-electron chi connectivity index (χ4n) is 6.28. The number of methoxy groups -OCH3 is 1. The Bertz CT molecular complexity index is 1860. The largest absolute Gasteiger partial charge is 0.453 e. The second-order valence-electron chi connectivity index (χ2n) is 13.9. The number of imidazole rings is 2. The van der Waals surface area contributed by atoms with Crippen molar-refractivity contribution in [3.05, 3.63) is 72.6 Å². The topological polar surface area (TPSA) is 158 Å². The summed E-state index contributed by atoms with van der Waals surface area (Å²) >= 11 is 0. The Morgan fingerprint density at radius 3 is 1.92 bits per heavy atom. The second kappa shape index (κ2) is 14.2. The van der Waals surface area contributed by atoms with Gasteiger partial charge in [0.15, 0.2) is 0 Å². The lowest BCUT2D eigenvalue weighted by Crippen LogP contribution is -2.50. The number of nitrogens with one attached hydrogen (secondary N) is 3. The summed E-state index contributed by atoms with van der Waals surface area (Å²) in [5.41, 5.74) is 5.23. The second-order valence-corrected chi connectivity index (χ2v) is 13.9. The van der Waals surface area contributed by atoms with Crippen LogP contribution in [0.1, 0.15) is 77.6 Å². The molecular formula is C37H44N8O5. The summed E-state index contributed by atoms with van der Waals surface area (Å²) in [6, 6.07) is 15.1. The maximum absolute atomic E-state index is 13.4. The summed E-state index contributed by atoms with van der Waals surface area (Å²) in [6.07, 6.45) is 6.51. The molecule has 262 valence electrons. The van der Waals surface area contributed by atoms with Crippen LogP contribution >= 0.6 is 0 Å². The van der Waals surface area contributed by atoms with Crippen molar-refractivity contribution < 1.29 is 23.9 Å². The molecule has 3 N–H and O–H groups in total. The fraction of sp³-hybridized carbons (Fsp3) is 0.405. The molecule has 2 aliphatic heterocycles. The van der Waals surface area contributed by atoms with Crippen molar-refractivity contribution in [1.82, 2.24) is 35.2 Å². The number of rotatable bonds is 8. The van der Waals surface area contributed by atoms with Crippen LogP contribution in [0, 0.1) is 5.92 Å². The van der Waals surface area contributed by atoms with Crippen molar-refractivity contribution in [1.29, 1.82) is 0 Å². The lowest BCUT2D eigenvalue weighted by atomic mass is 10.0. The average molecular weight is 681 g/mol. The summed E-state index contributed by atoms with van der Waals surface area (Å²) in [5.74, 6) is 0.876. The molecule has 0 saturated carbocycles. The molecule has 2 aromatic heterocycles. The normalized spacial score (nSPS) is 18.1. The SMILES string of the molecule is COC(=O)NC(C(=O)N1N=CCC1c1ncc(-c2ccc(-c3ccc(-c4cnc(C5CCCN5C(=O)OC(C)(C)C)[nH]4)cc3)cc2)[nH]1)C(C)C. The van der Waals surface area contributed by atoms with Crippen molar-refractivity contribution in [2.45, 2.75) is 77.6 Å². The number of aromatic amines is 2. The van der Waals surface area contributed by atoms with Gasteiger partial charge in [0.2, 0.25) is 0 Å². The van der Waals surface area contributed by atoms with Crippen LogP contribution in [0.2, 0.25) is 0 Å². The third-order valence-electron chi connectivity index (χ3n) is 8.88. The van der Waals surface area contributed by atoms with Crippen LogP contribution in [0.5, 0.6) is 0 Å². The molecule has 13 nitrogen and oxygen atoms in total. The summed E-state index contributed by atoms with van der Waals surface area (Å²) in [5, 5.41) is 8.31. The number of amides is 3. The first-order chi connectivity index (χ1) is 23.9. The van der Waals surface area contributed by atoms with Gasteiger partial charge in [-0.1, -0.05) is 62.4 Å². The Morgan fingerprint density at radius 2 is 1.40 bits per heavy atom. The van der Waals surface area contributed by atoms with Crippen molar-refractivity contribution in [3.8, 4) is 33.6 Å². The average Bonchev–Trinajstić information content (AvgIpc) is 3.92. The van der Waals surface area contributed by atoms with Crippen LogP contribution in [-0.2, 0) is 14.3 Å². The molecule has 3 atom stereocenters. The number of likely N-dealkylation sites (tertiary alicyclic amines) is 1. The highest BCUT2D eigenvalue weighted by Gasteiger charge is 2.37. The third kappa shape index (κ3) is 7.41. The van der Waals surface area contributed by atoms with Gasteiger partial charge in [-0.3, -0.25) is 9.69 Å². The Labute approximate surface area is 291 Å². The highest BCUT2D eigenvalue weighted by atomic mass is 16.6. The van der Waals surface area contributed by atoms with E-state index in [1.807, 2.05) is 52.9 Å². The van der Waals surface area contributed by atoms with E-state index in [1.54, 1.807) is 17.3 Å². The van der Waals surface area contributed by atoms with Crippen LogP contribution in [0.25, 0.3) is 33.6 Å². The zero-order valence-electron chi connectivity index (χ0n) is 29.3. The van der Waals surface area contributed by atoms with Gasteiger partial charge in [0.25, 0.3) is 5.91 Å². The Balaban J connectivity index is 1.11. The number of benzene rings is 2. The zero-order valence-corrected chi connectivity index (χ0v) is 29.3. The lowest BCUT2D eigenvalue weighted by molar-refractivity contribution is -0.136. The van der Waals surface area contributed by atoms with Gasteiger partial charge < -0.3 is 24.8 Å². The number of hydrogen-bond donors (Lipinski definition) is 3. The van der Waals surface area contributed by atoms with Crippen molar-refractivity contribution in [2.75, 3.05) is 13.7 Å². The van der Waals surface area contributed by atoms with E-state index in [0.29, 0.717) is 18.8 Å². The Hall–Kier alpha value is -5.46. The fourth-order valence-corrected chi connectivity index (χ4v) is 6.28. The smallest absolute Gasteiger partial charge is 0.410 e. The summed E-state index contributed by atoms with van der Waals surface area (Å²) < 4.78 is 10.3. The van der Waals surface area contributed by atoms with Crippen LogP contribution in [0.15, 0.2) is 66.0 Å². The number of alkyl carbamates (subject to hydrolysis) is 1. The van der Waals surface area contributed by atoms with Crippen molar-refractivity contribution in [3.63, 3.8) is 0 Å². The van der Waals surface area contributed by atoms with E-state index in [-0.39, 0.29) is 24.0 Å². The number of nitrogens with zero attached hydrogens (tertiary/aromatic N) is 5. The molecule has 0 radical (unpaired) electrons. The molecule has 13 heteroatoms. The van der Waals surface area contributed by atoms with Crippen molar-refractivity contribution in [2.24, 2.45) is 11.0 Å². The maximum Gasteiger partial charge on any atom is 0.410 e. The molecule has 0 aliphatic carbocycles. The first-order valence-corrected chi connectivity index (χ1v) is 16.9. The monoisotopic (exact) mass is 680 g/mol. The van der Waals surface area contributed by atoms with E-state index in [0.717, 1.165) is 52.3 Å². The predicted octanol–water partition coefficient (Wildman–Crippen LogP) is 6.85. The van der Waals surface area contributed by atoms with E-state index in [9.17, 15) is 14.4 Å². The molecule has 3 amide bonds. The molecule has 2 aromatic carbocycles. The van der Waals surface area contributed by atoms with E-state index >= 15 is 0 Å².